The maximum Gasteiger partial charge on any atom is 0.225 e. The van der Waals surface area contributed by atoms with Gasteiger partial charge in [0.05, 0.1) is 23.2 Å². The van der Waals surface area contributed by atoms with Crippen LogP contribution in [0.25, 0.3) is 38.2 Å². The SMILES string of the molecule is [C-]#[N+]c1cc(N(c2ccc(-c3ccccc3)cc2)c2cccc3c2-c2ccccc2C32c3ccccc3-c3ccccc32)cc(C#N)c1F. The molecule has 0 saturated heterocycles. The van der Waals surface area contributed by atoms with E-state index in [1.165, 1.54) is 27.8 Å². The Balaban J connectivity index is 1.35. The van der Waals surface area contributed by atoms with Crippen molar-refractivity contribution in [2.45, 2.75) is 5.41 Å². The number of benzene rings is 7. The summed E-state index contributed by atoms with van der Waals surface area (Å²) in [6.07, 6.45) is 0. The van der Waals surface area contributed by atoms with Crippen LogP contribution in [0, 0.1) is 23.7 Å². The molecule has 49 heavy (non-hydrogen) atoms. The highest BCUT2D eigenvalue weighted by Gasteiger charge is 2.52. The largest absolute Gasteiger partial charge is 0.311 e. The first-order valence-corrected chi connectivity index (χ1v) is 16.1. The molecule has 228 valence electrons. The van der Waals surface area contributed by atoms with Crippen molar-refractivity contribution >= 4 is 22.7 Å². The van der Waals surface area contributed by atoms with Crippen molar-refractivity contribution in [3.05, 3.63) is 203 Å². The number of nitrogens with zero attached hydrogens (tertiary/aromatic N) is 3. The Labute approximate surface area is 284 Å². The van der Waals surface area contributed by atoms with E-state index in [2.05, 4.69) is 125 Å². The summed E-state index contributed by atoms with van der Waals surface area (Å²) < 4.78 is 15.2. The van der Waals surface area contributed by atoms with Gasteiger partial charge in [-0.2, -0.15) is 5.26 Å². The molecule has 0 unspecified atom stereocenters. The van der Waals surface area contributed by atoms with E-state index < -0.39 is 11.2 Å². The van der Waals surface area contributed by atoms with Gasteiger partial charge in [0, 0.05) is 16.9 Å². The van der Waals surface area contributed by atoms with Crippen LogP contribution in [-0.4, -0.2) is 0 Å². The van der Waals surface area contributed by atoms with Gasteiger partial charge >= 0.3 is 0 Å². The first-order valence-electron chi connectivity index (χ1n) is 16.1. The van der Waals surface area contributed by atoms with Crippen molar-refractivity contribution in [1.82, 2.24) is 0 Å². The van der Waals surface area contributed by atoms with Gasteiger partial charge in [-0.25, -0.2) is 9.24 Å². The van der Waals surface area contributed by atoms with Gasteiger partial charge in [-0.3, -0.25) is 0 Å². The van der Waals surface area contributed by atoms with Crippen molar-refractivity contribution in [3.63, 3.8) is 0 Å². The quantitative estimate of drug-likeness (QED) is 0.182. The minimum absolute atomic E-state index is 0.169. The fraction of sp³-hybridized carbons (Fsp3) is 0.0222. The molecule has 0 bridgehead atoms. The zero-order valence-electron chi connectivity index (χ0n) is 26.2. The fourth-order valence-electron chi connectivity index (χ4n) is 8.06. The Morgan fingerprint density at radius 2 is 1.12 bits per heavy atom. The van der Waals surface area contributed by atoms with Gasteiger partial charge in [-0.15, -0.1) is 0 Å². The molecular formula is C45H26FN3. The molecule has 9 rings (SSSR count). The molecular weight excluding hydrogens is 602 g/mol. The molecule has 3 nitrogen and oxygen atoms in total. The summed E-state index contributed by atoms with van der Waals surface area (Å²) in [6.45, 7) is 7.75. The van der Waals surface area contributed by atoms with Gasteiger partial charge in [0.15, 0.2) is 0 Å². The third-order valence-electron chi connectivity index (χ3n) is 10.0. The summed E-state index contributed by atoms with van der Waals surface area (Å²) in [7, 11) is 0. The normalized spacial score (nSPS) is 12.7. The summed E-state index contributed by atoms with van der Waals surface area (Å²) in [5.41, 5.74) is 12.9. The number of anilines is 3. The van der Waals surface area contributed by atoms with E-state index in [0.717, 1.165) is 39.2 Å². The Kier molecular flexibility index (Phi) is 6.34. The summed E-state index contributed by atoms with van der Waals surface area (Å²) >= 11 is 0. The van der Waals surface area contributed by atoms with Crippen LogP contribution >= 0.6 is 0 Å². The van der Waals surface area contributed by atoms with Gasteiger partial charge < -0.3 is 4.90 Å². The molecule has 0 radical (unpaired) electrons. The number of fused-ring (bicyclic) bond motifs is 10. The smallest absolute Gasteiger partial charge is 0.225 e. The van der Waals surface area contributed by atoms with Gasteiger partial charge in [0.25, 0.3) is 0 Å². The zero-order chi connectivity index (χ0) is 33.1. The van der Waals surface area contributed by atoms with Gasteiger partial charge in [-0.1, -0.05) is 127 Å². The van der Waals surface area contributed by atoms with Crippen molar-refractivity contribution in [2.24, 2.45) is 0 Å². The van der Waals surface area contributed by atoms with Crippen LogP contribution in [0.15, 0.2) is 158 Å². The van der Waals surface area contributed by atoms with Gasteiger partial charge in [0.1, 0.15) is 11.9 Å². The molecule has 0 aromatic heterocycles. The van der Waals surface area contributed by atoms with Crippen LogP contribution in [0.3, 0.4) is 0 Å². The summed E-state index contributed by atoms with van der Waals surface area (Å²) in [5, 5.41) is 9.95. The molecule has 0 amide bonds. The van der Waals surface area contributed by atoms with E-state index in [1.54, 1.807) is 12.1 Å². The first-order chi connectivity index (χ1) is 24.1. The first kappa shape index (κ1) is 28.5. The molecule has 0 fully saturated rings. The maximum absolute atomic E-state index is 15.2. The average molecular weight is 628 g/mol. The van der Waals surface area contributed by atoms with E-state index in [1.807, 2.05) is 36.4 Å². The lowest BCUT2D eigenvalue weighted by Crippen LogP contribution is -2.26. The minimum Gasteiger partial charge on any atom is -0.311 e. The molecule has 0 atom stereocenters. The van der Waals surface area contributed by atoms with Crippen LogP contribution < -0.4 is 4.90 Å². The molecule has 7 aromatic rings. The molecule has 2 aliphatic carbocycles. The molecule has 2 aliphatic rings. The maximum atomic E-state index is 15.2. The van der Waals surface area contributed by atoms with Crippen molar-refractivity contribution < 1.29 is 4.39 Å². The Morgan fingerprint density at radius 3 is 1.76 bits per heavy atom. The average Bonchev–Trinajstić information content (AvgIpc) is 3.64. The zero-order valence-corrected chi connectivity index (χ0v) is 26.2. The van der Waals surface area contributed by atoms with Crippen LogP contribution in [0.1, 0.15) is 27.8 Å². The van der Waals surface area contributed by atoms with Crippen LogP contribution in [0.2, 0.25) is 0 Å². The highest BCUT2D eigenvalue weighted by Crippen LogP contribution is 2.64. The highest BCUT2D eigenvalue weighted by atomic mass is 19.1. The van der Waals surface area contributed by atoms with E-state index in [4.69, 9.17) is 6.57 Å². The number of halogens is 1. The Bertz CT molecular complexity index is 2460. The number of hydrogen-bond acceptors (Lipinski definition) is 2. The predicted octanol–water partition coefficient (Wildman–Crippen LogP) is 11.7. The number of rotatable bonds is 4. The third kappa shape index (κ3) is 3.99. The predicted molar refractivity (Wildman–Crippen MR) is 194 cm³/mol. The van der Waals surface area contributed by atoms with Gasteiger partial charge in [-0.05, 0) is 80.4 Å². The summed E-state index contributed by atoms with van der Waals surface area (Å²) in [4.78, 5) is 5.54. The van der Waals surface area contributed by atoms with Crippen LogP contribution in [0.5, 0.6) is 0 Å². The lowest BCUT2D eigenvalue weighted by atomic mass is 9.70. The highest BCUT2D eigenvalue weighted by molar-refractivity contribution is 6.01. The third-order valence-corrected chi connectivity index (χ3v) is 10.0. The topological polar surface area (TPSA) is 31.4 Å². The van der Waals surface area contributed by atoms with Crippen LogP contribution in [-0.2, 0) is 5.41 Å². The minimum atomic E-state index is -0.803. The number of nitriles is 1. The molecule has 0 heterocycles. The standard InChI is InChI=1S/C45H26FN3/c1-48-41-27-33(26-31(28-47)44(41)46)49(32-24-22-30(23-25-32)29-12-3-2-4-13-29)42-21-11-20-40-43(42)36-16-7-10-19-39(36)45(40)37-17-8-5-14-34(37)35-15-6-9-18-38(35)45/h2-27H. The molecule has 0 saturated carbocycles. The van der Waals surface area contributed by atoms with E-state index in [0.29, 0.717) is 5.69 Å². The van der Waals surface area contributed by atoms with E-state index in [-0.39, 0.29) is 11.3 Å². The molecule has 0 aliphatic heterocycles. The van der Waals surface area contributed by atoms with Crippen molar-refractivity contribution in [1.29, 1.82) is 5.26 Å². The fourth-order valence-corrected chi connectivity index (χ4v) is 8.06. The monoisotopic (exact) mass is 627 g/mol. The molecule has 4 heteroatoms. The van der Waals surface area contributed by atoms with Gasteiger partial charge in [0.2, 0.25) is 5.69 Å². The lowest BCUT2D eigenvalue weighted by Gasteiger charge is -2.32. The second-order valence-corrected chi connectivity index (χ2v) is 12.4. The molecule has 7 aromatic carbocycles. The molecule has 1 spiro atoms. The summed E-state index contributed by atoms with van der Waals surface area (Å²) in [6, 6.07) is 55.8. The Hall–Kier alpha value is -6.75. The summed E-state index contributed by atoms with van der Waals surface area (Å²) in [5.74, 6) is -0.803. The lowest BCUT2D eigenvalue weighted by molar-refractivity contribution is 0.630. The second kappa shape index (κ2) is 10.9. The van der Waals surface area contributed by atoms with E-state index in [9.17, 15) is 5.26 Å². The van der Waals surface area contributed by atoms with Crippen LogP contribution in [0.4, 0.5) is 27.1 Å². The van der Waals surface area contributed by atoms with E-state index >= 15 is 4.39 Å². The Morgan fingerprint density at radius 1 is 0.571 bits per heavy atom. The second-order valence-electron chi connectivity index (χ2n) is 12.4. The van der Waals surface area contributed by atoms with Crippen molar-refractivity contribution in [3.8, 4) is 39.4 Å². The molecule has 0 N–H and O–H groups in total. The number of hydrogen-bond donors (Lipinski definition) is 0. The van der Waals surface area contributed by atoms with Crippen molar-refractivity contribution in [2.75, 3.05) is 4.90 Å².